The number of rotatable bonds is 8. The van der Waals surface area contributed by atoms with E-state index in [0.717, 1.165) is 18.6 Å². The monoisotopic (exact) mass is 575 g/mol. The van der Waals surface area contributed by atoms with Crippen LogP contribution in [0.2, 0.25) is 0 Å². The summed E-state index contributed by atoms with van der Waals surface area (Å²) in [6.07, 6.45) is -6.02. The van der Waals surface area contributed by atoms with Crippen LogP contribution in [0.25, 0.3) is 0 Å². The summed E-state index contributed by atoms with van der Waals surface area (Å²) in [5.41, 5.74) is 10.1. The van der Waals surface area contributed by atoms with Gasteiger partial charge in [0.05, 0.1) is 23.8 Å². The van der Waals surface area contributed by atoms with Crippen molar-refractivity contribution in [3.05, 3.63) is 68.8 Å². The first-order chi connectivity index (χ1) is 18.5. The average molecular weight is 576 g/mol. The maximum atomic E-state index is 13.1. The number of benzene rings is 2. The van der Waals surface area contributed by atoms with Gasteiger partial charge in [-0.1, -0.05) is 52.7 Å². The number of nitrogens with zero attached hydrogens (tertiary/aromatic N) is 1. The van der Waals surface area contributed by atoms with Crippen molar-refractivity contribution in [2.75, 3.05) is 7.11 Å². The maximum absolute atomic E-state index is 13.1. The summed E-state index contributed by atoms with van der Waals surface area (Å²) < 4.78 is 82.6. The molecule has 0 aromatic heterocycles. The van der Waals surface area contributed by atoms with Crippen molar-refractivity contribution in [3.63, 3.8) is 0 Å². The molecule has 0 fully saturated rings. The molecule has 0 aliphatic heterocycles. The topological polar surface area (TPSA) is 108 Å². The number of esters is 1. The highest BCUT2D eigenvalue weighted by Gasteiger charge is 2.35. The molecule has 4 N–H and O–H groups in total. The number of carbonyl (C=O) groups excluding carboxylic acids is 2. The van der Waals surface area contributed by atoms with Gasteiger partial charge in [-0.3, -0.25) is 4.79 Å². The van der Waals surface area contributed by atoms with Gasteiger partial charge in [-0.25, -0.2) is 4.79 Å². The molecule has 2 rings (SSSR count). The largest absolute Gasteiger partial charge is 0.465 e. The molecule has 0 heterocycles. The van der Waals surface area contributed by atoms with E-state index in [1.165, 1.54) is 19.2 Å². The molecule has 6 nitrogen and oxygen atoms in total. The van der Waals surface area contributed by atoms with Crippen LogP contribution in [-0.4, -0.2) is 24.9 Å². The van der Waals surface area contributed by atoms with Gasteiger partial charge in [0.2, 0.25) is 0 Å². The Kier molecular flexibility index (Phi) is 12.7. The van der Waals surface area contributed by atoms with Crippen molar-refractivity contribution in [3.8, 4) is 0 Å². The molecule has 0 saturated heterocycles. The number of methoxy groups -OCH3 is 1. The minimum atomic E-state index is -4.52. The fourth-order valence-corrected chi connectivity index (χ4v) is 4.13. The lowest BCUT2D eigenvalue weighted by atomic mass is 9.94. The molecule has 0 aliphatic rings. The number of halogens is 6. The molecule has 0 unspecified atom stereocenters. The molecule has 40 heavy (non-hydrogen) atoms. The Morgan fingerprint density at radius 1 is 0.725 bits per heavy atom. The predicted molar refractivity (Wildman–Crippen MR) is 141 cm³/mol. The van der Waals surface area contributed by atoms with E-state index in [1.54, 1.807) is 13.8 Å². The van der Waals surface area contributed by atoms with E-state index >= 15 is 0 Å². The molecule has 1 amide bonds. The fraction of sp³-hybridized carbons (Fsp3) is 0.464. The number of carbonyl (C=O) groups is 2. The standard InChI is InChI=1S/C14H18F3N3O.C14H17F3O2/c1-3-5-9-6-8(4-2)11(14(15,16)17)7-10(9)12(21)20-13(18)19;1-4-6-10-7-9(5-2)12(14(15,16)17)8-11(10)13(18)19-3/h6-7H,3-5H2,1-2H3,(H4,18,19,20,21);7-8H,4-6H2,1-3H3. The van der Waals surface area contributed by atoms with Crippen molar-refractivity contribution < 1.29 is 40.7 Å². The minimum absolute atomic E-state index is 0.00822. The normalized spacial score (nSPS) is 11.4. The summed E-state index contributed by atoms with van der Waals surface area (Å²) in [5.74, 6) is -2.06. The lowest BCUT2D eigenvalue weighted by Gasteiger charge is -2.16. The van der Waals surface area contributed by atoms with Gasteiger partial charge in [-0.15, -0.1) is 0 Å². The van der Waals surface area contributed by atoms with Gasteiger partial charge in [-0.2, -0.15) is 31.3 Å². The summed E-state index contributed by atoms with van der Waals surface area (Å²) in [6.45, 7) is 7.08. The summed E-state index contributed by atoms with van der Waals surface area (Å²) >= 11 is 0. The number of hydrogen-bond acceptors (Lipinski definition) is 3. The van der Waals surface area contributed by atoms with Crippen LogP contribution in [-0.2, 0) is 42.8 Å². The maximum Gasteiger partial charge on any atom is 0.416 e. The number of nitrogens with two attached hydrogens (primary N) is 2. The number of amides is 1. The van der Waals surface area contributed by atoms with Crippen molar-refractivity contribution in [2.45, 2.75) is 78.6 Å². The molecule has 0 radical (unpaired) electrons. The van der Waals surface area contributed by atoms with Gasteiger partial charge >= 0.3 is 18.3 Å². The molecule has 222 valence electrons. The zero-order chi connectivity index (χ0) is 30.8. The Morgan fingerprint density at radius 2 is 1.12 bits per heavy atom. The second-order valence-corrected chi connectivity index (χ2v) is 8.87. The minimum Gasteiger partial charge on any atom is -0.465 e. The predicted octanol–water partition coefficient (Wildman–Crippen LogP) is 6.64. The number of aryl methyl sites for hydroxylation is 4. The Morgan fingerprint density at radius 3 is 1.45 bits per heavy atom. The van der Waals surface area contributed by atoms with Gasteiger partial charge in [-0.05, 0) is 60.1 Å². The molecule has 2 aromatic rings. The van der Waals surface area contributed by atoms with Gasteiger partial charge in [0.15, 0.2) is 5.96 Å². The van der Waals surface area contributed by atoms with Crippen molar-refractivity contribution in [2.24, 2.45) is 16.5 Å². The summed E-state index contributed by atoms with van der Waals surface area (Å²) in [4.78, 5) is 26.8. The SMILES string of the molecule is CCCc1cc(CC)c(C(F)(F)F)cc1C(=O)N=C(N)N.CCCc1cc(CC)c(C(F)(F)F)cc1C(=O)OC. The van der Waals surface area contributed by atoms with Crippen LogP contribution in [0.5, 0.6) is 0 Å². The van der Waals surface area contributed by atoms with Gasteiger partial charge in [0.25, 0.3) is 5.91 Å². The van der Waals surface area contributed by atoms with Crippen LogP contribution in [0, 0.1) is 0 Å². The van der Waals surface area contributed by atoms with E-state index in [0.29, 0.717) is 30.4 Å². The van der Waals surface area contributed by atoms with Crippen molar-refractivity contribution >= 4 is 17.8 Å². The Hall–Kier alpha value is -3.57. The van der Waals surface area contributed by atoms with E-state index in [-0.39, 0.29) is 35.1 Å². The highest BCUT2D eigenvalue weighted by Crippen LogP contribution is 2.36. The van der Waals surface area contributed by atoms with E-state index in [4.69, 9.17) is 11.5 Å². The lowest BCUT2D eigenvalue weighted by molar-refractivity contribution is -0.139. The average Bonchev–Trinajstić information content (AvgIpc) is 2.86. The van der Waals surface area contributed by atoms with Crippen molar-refractivity contribution in [1.82, 2.24) is 0 Å². The van der Waals surface area contributed by atoms with Crippen LogP contribution in [0.3, 0.4) is 0 Å². The van der Waals surface area contributed by atoms with E-state index in [2.05, 4.69) is 9.73 Å². The van der Waals surface area contributed by atoms with E-state index in [9.17, 15) is 35.9 Å². The summed E-state index contributed by atoms with van der Waals surface area (Å²) in [6, 6.07) is 4.65. The molecule has 12 heteroatoms. The van der Waals surface area contributed by atoms with Crippen LogP contribution < -0.4 is 11.5 Å². The smallest absolute Gasteiger partial charge is 0.416 e. The van der Waals surface area contributed by atoms with E-state index in [1.807, 2.05) is 13.8 Å². The Bertz CT molecular complexity index is 1220. The van der Waals surface area contributed by atoms with Crippen molar-refractivity contribution in [1.29, 1.82) is 0 Å². The molecule has 0 aliphatic carbocycles. The third kappa shape index (κ3) is 9.27. The third-order valence-electron chi connectivity index (χ3n) is 5.94. The zero-order valence-electron chi connectivity index (χ0n) is 23.1. The number of alkyl halides is 6. The summed E-state index contributed by atoms with van der Waals surface area (Å²) in [7, 11) is 1.17. The van der Waals surface area contributed by atoms with E-state index < -0.39 is 41.3 Å². The third-order valence-corrected chi connectivity index (χ3v) is 5.94. The van der Waals surface area contributed by atoms with Crippen LogP contribution in [0.4, 0.5) is 26.3 Å². The number of ether oxygens (including phenoxy) is 1. The quantitative estimate of drug-likeness (QED) is 0.159. The van der Waals surface area contributed by atoms with Gasteiger partial charge < -0.3 is 16.2 Å². The molecular formula is C28H35F6N3O3. The van der Waals surface area contributed by atoms with Gasteiger partial charge in [0.1, 0.15) is 0 Å². The molecule has 2 aromatic carbocycles. The number of hydrogen-bond donors (Lipinski definition) is 2. The van der Waals surface area contributed by atoms with Crippen LogP contribution in [0.1, 0.15) is 94.6 Å². The molecular weight excluding hydrogens is 540 g/mol. The molecule has 0 spiro atoms. The number of aliphatic imine (C=N–C) groups is 1. The Balaban J connectivity index is 0.000000402. The summed E-state index contributed by atoms with van der Waals surface area (Å²) in [5, 5.41) is 0. The zero-order valence-corrected chi connectivity index (χ0v) is 23.1. The second kappa shape index (κ2) is 14.7. The first-order valence-electron chi connectivity index (χ1n) is 12.7. The van der Waals surface area contributed by atoms with Crippen LogP contribution >= 0.6 is 0 Å². The first kappa shape index (κ1) is 34.5. The highest BCUT2D eigenvalue weighted by molar-refractivity contribution is 6.03. The second-order valence-electron chi connectivity index (χ2n) is 8.87. The Labute approximate surface area is 229 Å². The molecule has 0 atom stereocenters. The van der Waals surface area contributed by atoms with Crippen LogP contribution in [0.15, 0.2) is 29.3 Å². The highest BCUT2D eigenvalue weighted by atomic mass is 19.4. The molecule has 0 bridgehead atoms. The first-order valence-corrected chi connectivity index (χ1v) is 12.7. The molecule has 0 saturated carbocycles. The lowest BCUT2D eigenvalue weighted by Crippen LogP contribution is -2.24. The fourth-order valence-electron chi connectivity index (χ4n) is 4.13. The number of guanidine groups is 1. The van der Waals surface area contributed by atoms with Gasteiger partial charge in [0, 0.05) is 5.56 Å².